The molecule has 4 heteroatoms. The number of rotatable bonds is 4. The Morgan fingerprint density at radius 1 is 1.59 bits per heavy atom. The summed E-state index contributed by atoms with van der Waals surface area (Å²) in [6, 6.07) is 7.25. The van der Waals surface area contributed by atoms with Crippen LogP contribution in [0.1, 0.15) is 25.3 Å². The van der Waals surface area contributed by atoms with Crippen LogP contribution in [0.5, 0.6) is 0 Å². The van der Waals surface area contributed by atoms with Gasteiger partial charge in [-0.25, -0.2) is 0 Å². The number of nitrogens with zero attached hydrogens (tertiary/aromatic N) is 1. The number of benzene rings is 1. The van der Waals surface area contributed by atoms with Crippen molar-refractivity contribution < 1.29 is 4.79 Å². The Labute approximate surface area is 106 Å². The normalized spacial score (nSPS) is 11.6. The fraction of sp³-hybridized carbons (Fsp3) is 0.385. The van der Waals surface area contributed by atoms with Gasteiger partial charge in [-0.2, -0.15) is 5.26 Å². The molecule has 0 spiro atoms. The van der Waals surface area contributed by atoms with Gasteiger partial charge in [0.05, 0.1) is 6.07 Å². The number of hydrogen-bond acceptors (Lipinski definition) is 2. The van der Waals surface area contributed by atoms with Gasteiger partial charge in [0.25, 0.3) is 0 Å². The summed E-state index contributed by atoms with van der Waals surface area (Å²) < 4.78 is 0. The van der Waals surface area contributed by atoms with E-state index in [4.69, 9.17) is 16.9 Å². The molecule has 0 bridgehead atoms. The zero-order valence-electron chi connectivity index (χ0n) is 9.96. The standard InChI is InChI=1S/C13H15ClN2O/c1-3-4-10(8-15)13(17)16-12-6-5-11(14)7-9(12)2/h5-7,10H,3-4H2,1-2H3,(H,16,17). The SMILES string of the molecule is CCCC(C#N)C(=O)Nc1ccc(Cl)cc1C. The van der Waals surface area contributed by atoms with Crippen LogP contribution in [-0.4, -0.2) is 5.91 Å². The largest absolute Gasteiger partial charge is 0.325 e. The van der Waals surface area contributed by atoms with E-state index in [2.05, 4.69) is 5.32 Å². The van der Waals surface area contributed by atoms with E-state index in [1.54, 1.807) is 18.2 Å². The van der Waals surface area contributed by atoms with E-state index in [1.807, 2.05) is 19.9 Å². The van der Waals surface area contributed by atoms with Crippen LogP contribution >= 0.6 is 11.6 Å². The maximum Gasteiger partial charge on any atom is 0.241 e. The number of aryl methyl sites for hydroxylation is 1. The third-order valence-corrected chi connectivity index (χ3v) is 2.73. The molecule has 0 aromatic heterocycles. The van der Waals surface area contributed by atoms with Crippen LogP contribution in [0.2, 0.25) is 5.02 Å². The van der Waals surface area contributed by atoms with Gasteiger partial charge in [-0.05, 0) is 37.1 Å². The topological polar surface area (TPSA) is 52.9 Å². The molecular formula is C13H15ClN2O. The van der Waals surface area contributed by atoms with Crippen molar-refractivity contribution in [2.75, 3.05) is 5.32 Å². The number of carbonyl (C=O) groups is 1. The first-order valence-corrected chi connectivity index (χ1v) is 5.93. The molecule has 0 aliphatic carbocycles. The summed E-state index contributed by atoms with van der Waals surface area (Å²) in [7, 11) is 0. The van der Waals surface area contributed by atoms with Crippen molar-refractivity contribution in [2.45, 2.75) is 26.7 Å². The van der Waals surface area contributed by atoms with Crippen molar-refractivity contribution in [1.82, 2.24) is 0 Å². The minimum atomic E-state index is -0.588. The third kappa shape index (κ3) is 3.76. The van der Waals surface area contributed by atoms with Crippen molar-refractivity contribution in [2.24, 2.45) is 5.92 Å². The molecule has 17 heavy (non-hydrogen) atoms. The minimum absolute atomic E-state index is 0.250. The summed E-state index contributed by atoms with van der Waals surface area (Å²) >= 11 is 5.83. The second-order valence-electron chi connectivity index (χ2n) is 3.92. The fourth-order valence-electron chi connectivity index (χ4n) is 1.53. The average Bonchev–Trinajstić information content (AvgIpc) is 2.29. The highest BCUT2D eigenvalue weighted by Crippen LogP contribution is 2.20. The molecule has 1 aromatic carbocycles. The van der Waals surface area contributed by atoms with Gasteiger partial charge in [0, 0.05) is 10.7 Å². The number of nitrogens with one attached hydrogen (secondary N) is 1. The molecule has 1 N–H and O–H groups in total. The molecular weight excluding hydrogens is 236 g/mol. The van der Waals surface area contributed by atoms with Crippen LogP contribution in [0.25, 0.3) is 0 Å². The van der Waals surface area contributed by atoms with E-state index in [1.165, 1.54) is 0 Å². The summed E-state index contributed by atoms with van der Waals surface area (Å²) in [5.41, 5.74) is 1.59. The molecule has 1 aromatic rings. The van der Waals surface area contributed by atoms with Crippen molar-refractivity contribution in [3.05, 3.63) is 28.8 Å². The summed E-state index contributed by atoms with van der Waals surface area (Å²) in [6.07, 6.45) is 1.39. The van der Waals surface area contributed by atoms with Crippen LogP contribution in [-0.2, 0) is 4.79 Å². The highest BCUT2D eigenvalue weighted by Gasteiger charge is 2.17. The predicted octanol–water partition coefficient (Wildman–Crippen LogP) is 3.53. The van der Waals surface area contributed by atoms with Gasteiger partial charge in [0.2, 0.25) is 5.91 Å². The van der Waals surface area contributed by atoms with Gasteiger partial charge in [-0.1, -0.05) is 24.9 Å². The van der Waals surface area contributed by atoms with Gasteiger partial charge < -0.3 is 5.32 Å². The Morgan fingerprint density at radius 3 is 2.82 bits per heavy atom. The molecule has 0 saturated carbocycles. The molecule has 0 radical (unpaired) electrons. The van der Waals surface area contributed by atoms with Crippen LogP contribution in [0.15, 0.2) is 18.2 Å². The maximum atomic E-state index is 11.8. The van der Waals surface area contributed by atoms with Crippen LogP contribution in [0.3, 0.4) is 0 Å². The lowest BCUT2D eigenvalue weighted by Gasteiger charge is -2.11. The lowest BCUT2D eigenvalue weighted by Crippen LogP contribution is -2.21. The molecule has 1 atom stereocenters. The van der Waals surface area contributed by atoms with E-state index in [0.29, 0.717) is 17.1 Å². The molecule has 0 saturated heterocycles. The number of hydrogen-bond donors (Lipinski definition) is 1. The molecule has 3 nitrogen and oxygen atoms in total. The molecule has 1 rings (SSSR count). The Kier molecular flexibility index (Phi) is 4.99. The van der Waals surface area contributed by atoms with Crippen molar-refractivity contribution >= 4 is 23.2 Å². The van der Waals surface area contributed by atoms with Gasteiger partial charge >= 0.3 is 0 Å². The van der Waals surface area contributed by atoms with E-state index < -0.39 is 5.92 Å². The van der Waals surface area contributed by atoms with Gasteiger partial charge in [0.1, 0.15) is 5.92 Å². The van der Waals surface area contributed by atoms with Crippen LogP contribution in [0.4, 0.5) is 5.69 Å². The zero-order chi connectivity index (χ0) is 12.8. The smallest absolute Gasteiger partial charge is 0.241 e. The van der Waals surface area contributed by atoms with Gasteiger partial charge in [0.15, 0.2) is 0 Å². The van der Waals surface area contributed by atoms with Crippen LogP contribution in [0, 0.1) is 24.2 Å². The molecule has 0 aliphatic rings. The highest BCUT2D eigenvalue weighted by atomic mass is 35.5. The summed E-state index contributed by atoms with van der Waals surface area (Å²) in [5.74, 6) is -0.838. The van der Waals surface area contributed by atoms with E-state index >= 15 is 0 Å². The fourth-order valence-corrected chi connectivity index (χ4v) is 1.76. The quantitative estimate of drug-likeness (QED) is 0.889. The number of halogens is 1. The first-order valence-electron chi connectivity index (χ1n) is 5.55. The lowest BCUT2D eigenvalue weighted by atomic mass is 10.0. The lowest BCUT2D eigenvalue weighted by molar-refractivity contribution is -0.118. The third-order valence-electron chi connectivity index (χ3n) is 2.50. The van der Waals surface area contributed by atoms with E-state index in [-0.39, 0.29) is 5.91 Å². The van der Waals surface area contributed by atoms with Crippen LogP contribution < -0.4 is 5.32 Å². The number of nitriles is 1. The Balaban J connectivity index is 2.77. The second-order valence-corrected chi connectivity index (χ2v) is 4.36. The van der Waals surface area contributed by atoms with E-state index in [0.717, 1.165) is 12.0 Å². The van der Waals surface area contributed by atoms with Crippen molar-refractivity contribution in [3.63, 3.8) is 0 Å². The van der Waals surface area contributed by atoms with Gasteiger partial charge in [-0.3, -0.25) is 4.79 Å². The van der Waals surface area contributed by atoms with Gasteiger partial charge in [-0.15, -0.1) is 0 Å². The monoisotopic (exact) mass is 250 g/mol. The predicted molar refractivity (Wildman–Crippen MR) is 68.8 cm³/mol. The Bertz CT molecular complexity index is 451. The Morgan fingerprint density at radius 2 is 2.29 bits per heavy atom. The molecule has 0 heterocycles. The molecule has 90 valence electrons. The zero-order valence-corrected chi connectivity index (χ0v) is 10.7. The maximum absolute atomic E-state index is 11.8. The molecule has 0 aliphatic heterocycles. The number of carbonyl (C=O) groups excluding carboxylic acids is 1. The first-order chi connectivity index (χ1) is 8.08. The number of amides is 1. The van der Waals surface area contributed by atoms with E-state index in [9.17, 15) is 4.79 Å². The van der Waals surface area contributed by atoms with Crippen molar-refractivity contribution in [1.29, 1.82) is 5.26 Å². The average molecular weight is 251 g/mol. The summed E-state index contributed by atoms with van der Waals surface area (Å²) in [6.45, 7) is 3.81. The molecule has 1 amide bonds. The number of anilines is 1. The summed E-state index contributed by atoms with van der Waals surface area (Å²) in [5, 5.41) is 12.3. The summed E-state index contributed by atoms with van der Waals surface area (Å²) in [4.78, 5) is 11.8. The first kappa shape index (κ1) is 13.5. The molecule has 0 fully saturated rings. The highest BCUT2D eigenvalue weighted by molar-refractivity contribution is 6.30. The Hall–Kier alpha value is -1.53. The minimum Gasteiger partial charge on any atom is -0.325 e. The van der Waals surface area contributed by atoms with Crippen molar-refractivity contribution in [3.8, 4) is 6.07 Å². The molecule has 1 unspecified atom stereocenters. The second kappa shape index (κ2) is 6.27.